The van der Waals surface area contributed by atoms with Crippen LogP contribution >= 0.6 is 0 Å². The van der Waals surface area contributed by atoms with Gasteiger partial charge in [0.1, 0.15) is 23.0 Å². The van der Waals surface area contributed by atoms with Crippen molar-refractivity contribution in [3.05, 3.63) is 59.4 Å². The molecule has 8 nitrogen and oxygen atoms in total. The largest absolute Gasteiger partial charge is 0.487 e. The number of ether oxygens (including phenoxy) is 1. The molecule has 1 aliphatic carbocycles. The number of aliphatic imine (C=N–C) groups is 1. The number of hydrogen-bond donors (Lipinski definition) is 2. The van der Waals surface area contributed by atoms with Crippen LogP contribution in [-0.4, -0.2) is 38.8 Å². The first-order valence-corrected chi connectivity index (χ1v) is 13.0. The van der Waals surface area contributed by atoms with Crippen LogP contribution in [0.2, 0.25) is 0 Å². The first-order valence-electron chi connectivity index (χ1n) is 13.0. The highest BCUT2D eigenvalue weighted by atomic mass is 19.1. The summed E-state index contributed by atoms with van der Waals surface area (Å²) in [6.07, 6.45) is 4.31. The Kier molecular flexibility index (Phi) is 6.39. The number of aromatic nitrogens is 1. The standard InChI is InChI=1S/C28H33F2N5O3/c1-5-28(4)12-23(36)35(26(31)34-28)24(15-8-17(30)14-32-13-15)18-10-19(18)25(37)33-21-11-27(2,3)38-22-7-6-16(29)9-20(21)22/h6-9,13-14,18-19,21,24H,5,10-12H2,1-4H3,(H2,31,34)(H,33,37)/t18-,19-,21-,24+,28-/m0/s1. The Hall–Kier alpha value is -3.56. The summed E-state index contributed by atoms with van der Waals surface area (Å²) < 4.78 is 34.3. The second kappa shape index (κ2) is 9.32. The maximum absolute atomic E-state index is 14.2. The minimum absolute atomic E-state index is 0.0569. The lowest BCUT2D eigenvalue weighted by molar-refractivity contribution is -0.132. The lowest BCUT2D eigenvalue weighted by Gasteiger charge is -2.39. The molecule has 1 aromatic carbocycles. The number of benzene rings is 1. The van der Waals surface area contributed by atoms with Crippen LogP contribution in [0.1, 0.15) is 76.6 Å². The van der Waals surface area contributed by atoms with E-state index in [0.29, 0.717) is 36.1 Å². The van der Waals surface area contributed by atoms with Gasteiger partial charge in [-0.1, -0.05) is 6.92 Å². The van der Waals surface area contributed by atoms with E-state index >= 15 is 0 Å². The predicted molar refractivity (Wildman–Crippen MR) is 137 cm³/mol. The molecule has 2 aromatic rings. The number of nitrogens with one attached hydrogen (secondary N) is 1. The molecule has 0 radical (unpaired) electrons. The second-order valence-corrected chi connectivity index (χ2v) is 11.5. The van der Waals surface area contributed by atoms with E-state index in [9.17, 15) is 18.4 Å². The molecule has 10 heteroatoms. The molecule has 1 aromatic heterocycles. The van der Waals surface area contributed by atoms with Crippen molar-refractivity contribution < 1.29 is 23.1 Å². The van der Waals surface area contributed by atoms with Gasteiger partial charge in [0.25, 0.3) is 0 Å². The summed E-state index contributed by atoms with van der Waals surface area (Å²) in [5.74, 6) is -1.58. The van der Waals surface area contributed by atoms with Crippen LogP contribution in [0.3, 0.4) is 0 Å². The molecule has 5 rings (SSSR count). The zero-order valence-corrected chi connectivity index (χ0v) is 22.0. The van der Waals surface area contributed by atoms with Crippen LogP contribution < -0.4 is 15.8 Å². The molecule has 38 heavy (non-hydrogen) atoms. The van der Waals surface area contributed by atoms with Crippen molar-refractivity contribution >= 4 is 17.8 Å². The second-order valence-electron chi connectivity index (χ2n) is 11.5. The summed E-state index contributed by atoms with van der Waals surface area (Å²) in [7, 11) is 0. The van der Waals surface area contributed by atoms with Crippen LogP contribution in [0, 0.1) is 23.5 Å². The van der Waals surface area contributed by atoms with E-state index in [4.69, 9.17) is 10.5 Å². The zero-order chi connectivity index (χ0) is 27.4. The van der Waals surface area contributed by atoms with E-state index in [-0.39, 0.29) is 30.1 Å². The van der Waals surface area contributed by atoms with Gasteiger partial charge in [-0.05, 0) is 69.4 Å². The number of hydrogen-bond acceptors (Lipinski definition) is 6. The first-order chi connectivity index (χ1) is 17.9. The highest BCUT2D eigenvalue weighted by Crippen LogP contribution is 2.52. The fourth-order valence-electron chi connectivity index (χ4n) is 5.69. The third kappa shape index (κ3) is 4.96. The average Bonchev–Trinajstić information content (AvgIpc) is 3.62. The van der Waals surface area contributed by atoms with Gasteiger partial charge < -0.3 is 15.8 Å². The van der Waals surface area contributed by atoms with E-state index in [1.54, 1.807) is 6.07 Å². The zero-order valence-electron chi connectivity index (χ0n) is 22.0. The van der Waals surface area contributed by atoms with Crippen molar-refractivity contribution in [1.82, 2.24) is 15.2 Å². The molecule has 3 aliphatic rings. The summed E-state index contributed by atoms with van der Waals surface area (Å²) in [6.45, 7) is 7.65. The number of amides is 2. The van der Waals surface area contributed by atoms with Crippen LogP contribution in [0.4, 0.5) is 8.78 Å². The van der Waals surface area contributed by atoms with Gasteiger partial charge in [-0.25, -0.2) is 13.8 Å². The molecule has 0 saturated heterocycles. The molecule has 2 aliphatic heterocycles. The molecule has 2 amide bonds. The topological polar surface area (TPSA) is 110 Å². The highest BCUT2D eigenvalue weighted by Gasteiger charge is 2.53. The van der Waals surface area contributed by atoms with Crippen LogP contribution in [0.25, 0.3) is 0 Å². The molecule has 0 bridgehead atoms. The Morgan fingerprint density at radius 2 is 2.00 bits per heavy atom. The van der Waals surface area contributed by atoms with Crippen molar-refractivity contribution in [2.45, 2.75) is 76.6 Å². The lowest BCUT2D eigenvalue weighted by atomic mass is 9.89. The molecule has 1 saturated carbocycles. The molecule has 5 atom stereocenters. The number of pyridine rings is 1. The number of nitrogens with zero attached hydrogens (tertiary/aromatic N) is 3. The Labute approximate surface area is 220 Å². The highest BCUT2D eigenvalue weighted by molar-refractivity contribution is 5.99. The number of carbonyl (C=O) groups excluding carboxylic acids is 2. The number of guanidine groups is 1. The Bertz CT molecular complexity index is 1320. The Balaban J connectivity index is 1.42. The number of rotatable bonds is 6. The number of nitrogens with two attached hydrogens (primary N) is 1. The molecule has 0 spiro atoms. The van der Waals surface area contributed by atoms with Crippen molar-refractivity contribution in [2.24, 2.45) is 22.6 Å². The predicted octanol–water partition coefficient (Wildman–Crippen LogP) is 4.17. The van der Waals surface area contributed by atoms with Gasteiger partial charge in [0.2, 0.25) is 11.8 Å². The van der Waals surface area contributed by atoms with E-state index in [1.165, 1.54) is 29.3 Å². The fraction of sp³-hybridized carbons (Fsp3) is 0.500. The summed E-state index contributed by atoms with van der Waals surface area (Å²) in [5.41, 5.74) is 6.20. The molecule has 202 valence electrons. The van der Waals surface area contributed by atoms with Gasteiger partial charge in [-0.15, -0.1) is 0 Å². The number of fused-ring (bicyclic) bond motifs is 1. The summed E-state index contributed by atoms with van der Waals surface area (Å²) in [6, 6.07) is 4.47. The van der Waals surface area contributed by atoms with E-state index in [2.05, 4.69) is 15.3 Å². The monoisotopic (exact) mass is 525 g/mol. The lowest BCUT2D eigenvalue weighted by Crippen LogP contribution is -2.52. The third-order valence-electron chi connectivity index (χ3n) is 7.87. The minimum atomic E-state index is -0.692. The molecular formula is C28H33F2N5O3. The van der Waals surface area contributed by atoms with Gasteiger partial charge >= 0.3 is 0 Å². The molecule has 0 unspecified atom stereocenters. The third-order valence-corrected chi connectivity index (χ3v) is 7.87. The minimum Gasteiger partial charge on any atom is -0.487 e. The van der Waals surface area contributed by atoms with Gasteiger partial charge in [0.15, 0.2) is 5.96 Å². The molecule has 3 heterocycles. The molecular weight excluding hydrogens is 492 g/mol. The van der Waals surface area contributed by atoms with Gasteiger partial charge in [-0.3, -0.25) is 19.5 Å². The number of carbonyl (C=O) groups is 2. The van der Waals surface area contributed by atoms with E-state index in [1.807, 2.05) is 27.7 Å². The van der Waals surface area contributed by atoms with Gasteiger partial charge in [-0.2, -0.15) is 0 Å². The summed E-state index contributed by atoms with van der Waals surface area (Å²) >= 11 is 0. The average molecular weight is 526 g/mol. The van der Waals surface area contributed by atoms with E-state index < -0.39 is 40.8 Å². The van der Waals surface area contributed by atoms with Crippen molar-refractivity contribution in [2.75, 3.05) is 0 Å². The van der Waals surface area contributed by atoms with Gasteiger partial charge in [0, 0.05) is 24.1 Å². The SMILES string of the molecule is CC[C@@]1(C)CC(=O)N([C@H](c2cncc(F)c2)[C@H]2C[C@@H]2C(=O)N[C@H]2CC(C)(C)Oc3ccc(F)cc32)C(N)=N1. The molecule has 1 fully saturated rings. The summed E-state index contributed by atoms with van der Waals surface area (Å²) in [5, 5.41) is 3.07. The van der Waals surface area contributed by atoms with Crippen LogP contribution in [0.5, 0.6) is 5.75 Å². The maximum atomic E-state index is 14.2. The maximum Gasteiger partial charge on any atom is 0.232 e. The van der Waals surface area contributed by atoms with Crippen molar-refractivity contribution in [3.63, 3.8) is 0 Å². The normalized spacial score (nSPS) is 28.6. The van der Waals surface area contributed by atoms with E-state index in [0.717, 1.165) is 6.20 Å². The van der Waals surface area contributed by atoms with Gasteiger partial charge in [0.05, 0.1) is 30.2 Å². The van der Waals surface area contributed by atoms with Crippen molar-refractivity contribution in [3.8, 4) is 5.75 Å². The number of halogens is 2. The Morgan fingerprint density at radius 3 is 2.68 bits per heavy atom. The van der Waals surface area contributed by atoms with Crippen molar-refractivity contribution in [1.29, 1.82) is 0 Å². The molecule has 3 N–H and O–H groups in total. The quantitative estimate of drug-likeness (QED) is 0.588. The Morgan fingerprint density at radius 1 is 1.24 bits per heavy atom. The fourth-order valence-corrected chi connectivity index (χ4v) is 5.69. The summed E-state index contributed by atoms with van der Waals surface area (Å²) in [4.78, 5) is 36.8. The first kappa shape index (κ1) is 26.1. The smallest absolute Gasteiger partial charge is 0.232 e. The van der Waals surface area contributed by atoms with Crippen LogP contribution in [-0.2, 0) is 9.59 Å². The van der Waals surface area contributed by atoms with Crippen LogP contribution in [0.15, 0.2) is 41.7 Å².